The minimum atomic E-state index is -0.423. The van der Waals surface area contributed by atoms with Gasteiger partial charge < -0.3 is 19.8 Å². The van der Waals surface area contributed by atoms with Crippen LogP contribution in [0.4, 0.5) is 5.69 Å². The second-order valence-electron chi connectivity index (χ2n) is 7.83. The topological polar surface area (TPSA) is 83.7 Å². The van der Waals surface area contributed by atoms with E-state index < -0.39 is 5.97 Å². The number of aromatic amines is 1. The number of benzene rings is 2. The van der Waals surface area contributed by atoms with E-state index >= 15 is 0 Å². The molecule has 31 heavy (non-hydrogen) atoms. The first-order chi connectivity index (χ1) is 15.1. The zero-order valence-corrected chi connectivity index (χ0v) is 17.8. The quantitative estimate of drug-likeness (QED) is 0.592. The number of esters is 1. The molecule has 0 spiro atoms. The molecule has 0 radical (unpaired) electrons. The van der Waals surface area contributed by atoms with Gasteiger partial charge in [-0.1, -0.05) is 6.07 Å². The van der Waals surface area contributed by atoms with Gasteiger partial charge in [0.1, 0.15) is 5.75 Å². The Morgan fingerprint density at radius 2 is 1.94 bits per heavy atom. The van der Waals surface area contributed by atoms with Crippen LogP contribution < -0.4 is 10.1 Å². The van der Waals surface area contributed by atoms with Crippen LogP contribution in [-0.2, 0) is 9.53 Å². The van der Waals surface area contributed by atoms with E-state index in [1.54, 1.807) is 31.4 Å². The largest absolute Gasteiger partial charge is 0.497 e. The molecule has 0 bridgehead atoms. The molecule has 0 atom stereocenters. The van der Waals surface area contributed by atoms with Crippen molar-refractivity contribution in [3.63, 3.8) is 0 Å². The molecule has 1 saturated heterocycles. The van der Waals surface area contributed by atoms with Gasteiger partial charge in [0.05, 0.1) is 26.3 Å². The Bertz CT molecular complexity index is 1080. The molecule has 162 valence electrons. The number of rotatable bonds is 6. The highest BCUT2D eigenvalue weighted by molar-refractivity contribution is 5.95. The number of likely N-dealkylation sites (tertiary alicyclic amines) is 1. The standard InChI is InChI=1S/C24H27N3O4/c1-30-19-6-7-22-20(13-19)21(14-25-22)16-8-10-27(11-9-16)15-23(28)26-18-5-3-4-17(12-18)24(29)31-2/h3-7,12-14,16,25H,8-11,15H2,1-2H3,(H,26,28). The van der Waals surface area contributed by atoms with E-state index in [2.05, 4.69) is 27.5 Å². The number of H-pyrrole nitrogens is 1. The van der Waals surface area contributed by atoms with Crippen molar-refractivity contribution in [1.82, 2.24) is 9.88 Å². The minimum absolute atomic E-state index is 0.0858. The maximum absolute atomic E-state index is 12.5. The molecular weight excluding hydrogens is 394 g/mol. The molecular formula is C24H27N3O4. The third kappa shape index (κ3) is 4.72. The molecule has 1 amide bonds. The summed E-state index contributed by atoms with van der Waals surface area (Å²) in [7, 11) is 3.02. The molecule has 3 aromatic rings. The number of hydrogen-bond acceptors (Lipinski definition) is 5. The van der Waals surface area contributed by atoms with E-state index in [0.717, 1.165) is 37.2 Å². The fourth-order valence-electron chi connectivity index (χ4n) is 4.23. The van der Waals surface area contributed by atoms with Crippen LogP contribution in [0.15, 0.2) is 48.7 Å². The second kappa shape index (κ2) is 9.22. The van der Waals surface area contributed by atoms with Gasteiger partial charge in [0.2, 0.25) is 5.91 Å². The number of nitrogens with zero attached hydrogens (tertiary/aromatic N) is 1. The first kappa shape index (κ1) is 20.9. The van der Waals surface area contributed by atoms with Crippen LogP contribution in [0.5, 0.6) is 5.75 Å². The zero-order chi connectivity index (χ0) is 21.8. The van der Waals surface area contributed by atoms with E-state index in [1.165, 1.54) is 18.1 Å². The lowest BCUT2D eigenvalue weighted by atomic mass is 9.89. The van der Waals surface area contributed by atoms with Crippen molar-refractivity contribution >= 4 is 28.5 Å². The maximum atomic E-state index is 12.5. The van der Waals surface area contributed by atoms with E-state index in [9.17, 15) is 9.59 Å². The van der Waals surface area contributed by atoms with Crippen molar-refractivity contribution in [3.8, 4) is 5.75 Å². The lowest BCUT2D eigenvalue weighted by molar-refractivity contribution is -0.117. The van der Waals surface area contributed by atoms with Crippen LogP contribution in [0.2, 0.25) is 0 Å². The van der Waals surface area contributed by atoms with Crippen LogP contribution in [-0.4, -0.2) is 55.6 Å². The summed E-state index contributed by atoms with van der Waals surface area (Å²) in [6.07, 6.45) is 4.09. The summed E-state index contributed by atoms with van der Waals surface area (Å²) in [5.41, 5.74) is 3.44. The molecule has 0 saturated carbocycles. The van der Waals surface area contributed by atoms with Gasteiger partial charge in [0, 0.05) is 22.8 Å². The number of hydrogen-bond donors (Lipinski definition) is 2. The second-order valence-corrected chi connectivity index (χ2v) is 7.83. The van der Waals surface area contributed by atoms with Gasteiger partial charge in [-0.05, 0) is 73.8 Å². The molecule has 1 aliphatic heterocycles. The van der Waals surface area contributed by atoms with Crippen molar-refractivity contribution < 1.29 is 19.1 Å². The average molecular weight is 421 g/mol. The fraction of sp³-hybridized carbons (Fsp3) is 0.333. The molecule has 7 nitrogen and oxygen atoms in total. The number of ether oxygens (including phenoxy) is 2. The van der Waals surface area contributed by atoms with Crippen molar-refractivity contribution in [3.05, 3.63) is 59.8 Å². The summed E-state index contributed by atoms with van der Waals surface area (Å²) >= 11 is 0. The lowest BCUT2D eigenvalue weighted by Crippen LogP contribution is -2.38. The number of aromatic nitrogens is 1. The number of carbonyl (C=O) groups is 2. The molecule has 2 N–H and O–H groups in total. The first-order valence-corrected chi connectivity index (χ1v) is 10.4. The molecule has 1 aromatic heterocycles. The van der Waals surface area contributed by atoms with Crippen LogP contribution in [0, 0.1) is 0 Å². The monoisotopic (exact) mass is 421 g/mol. The Balaban J connectivity index is 1.33. The summed E-state index contributed by atoms with van der Waals surface area (Å²) in [6, 6.07) is 12.9. The number of amides is 1. The van der Waals surface area contributed by atoms with Gasteiger partial charge >= 0.3 is 5.97 Å². The molecule has 7 heteroatoms. The Morgan fingerprint density at radius 1 is 1.13 bits per heavy atom. The first-order valence-electron chi connectivity index (χ1n) is 10.4. The zero-order valence-electron chi connectivity index (χ0n) is 17.8. The van der Waals surface area contributed by atoms with Gasteiger partial charge in [0.15, 0.2) is 0 Å². The van der Waals surface area contributed by atoms with Gasteiger partial charge in [-0.3, -0.25) is 9.69 Å². The van der Waals surface area contributed by atoms with Crippen LogP contribution in [0.1, 0.15) is 34.7 Å². The number of anilines is 1. The van der Waals surface area contributed by atoms with E-state index in [1.807, 2.05) is 12.1 Å². The summed E-state index contributed by atoms with van der Waals surface area (Å²) < 4.78 is 10.1. The summed E-state index contributed by atoms with van der Waals surface area (Å²) in [6.45, 7) is 2.05. The predicted octanol–water partition coefficient (Wildman–Crippen LogP) is 3.78. The SMILES string of the molecule is COC(=O)c1cccc(NC(=O)CN2CCC(c3c[nH]c4ccc(OC)cc34)CC2)c1. The summed E-state index contributed by atoms with van der Waals surface area (Å²) in [5.74, 6) is 0.806. The van der Waals surface area contributed by atoms with E-state index in [-0.39, 0.29) is 5.91 Å². The molecule has 1 aliphatic rings. The molecule has 2 heterocycles. The number of fused-ring (bicyclic) bond motifs is 1. The Hall–Kier alpha value is -3.32. The Labute approximate surface area is 181 Å². The third-order valence-corrected chi connectivity index (χ3v) is 5.88. The van der Waals surface area contributed by atoms with Crippen molar-refractivity contribution in [2.24, 2.45) is 0 Å². The van der Waals surface area contributed by atoms with Crippen molar-refractivity contribution in [2.45, 2.75) is 18.8 Å². The smallest absolute Gasteiger partial charge is 0.337 e. The lowest BCUT2D eigenvalue weighted by Gasteiger charge is -2.31. The number of methoxy groups -OCH3 is 2. The summed E-state index contributed by atoms with van der Waals surface area (Å²) in [4.78, 5) is 29.7. The minimum Gasteiger partial charge on any atom is -0.497 e. The Morgan fingerprint density at radius 3 is 2.68 bits per heavy atom. The van der Waals surface area contributed by atoms with Gasteiger partial charge in [-0.2, -0.15) is 0 Å². The Kier molecular flexibility index (Phi) is 6.23. The highest BCUT2D eigenvalue weighted by Gasteiger charge is 2.24. The van der Waals surface area contributed by atoms with Crippen LogP contribution in [0.25, 0.3) is 10.9 Å². The molecule has 0 aliphatic carbocycles. The fourth-order valence-corrected chi connectivity index (χ4v) is 4.23. The average Bonchev–Trinajstić information content (AvgIpc) is 3.22. The number of piperidine rings is 1. The maximum Gasteiger partial charge on any atom is 0.337 e. The van der Waals surface area contributed by atoms with Crippen LogP contribution in [0.3, 0.4) is 0 Å². The molecule has 1 fully saturated rings. The van der Waals surface area contributed by atoms with E-state index in [4.69, 9.17) is 9.47 Å². The number of carbonyl (C=O) groups excluding carboxylic acids is 2. The highest BCUT2D eigenvalue weighted by Crippen LogP contribution is 2.34. The predicted molar refractivity (Wildman–Crippen MR) is 120 cm³/mol. The normalized spacial score (nSPS) is 15.0. The van der Waals surface area contributed by atoms with E-state index in [0.29, 0.717) is 23.7 Å². The van der Waals surface area contributed by atoms with Crippen LogP contribution >= 0.6 is 0 Å². The molecule has 4 rings (SSSR count). The molecule has 0 unspecified atom stereocenters. The summed E-state index contributed by atoms with van der Waals surface area (Å²) in [5, 5.41) is 4.09. The van der Waals surface area contributed by atoms with Crippen molar-refractivity contribution in [1.29, 1.82) is 0 Å². The third-order valence-electron chi connectivity index (χ3n) is 5.88. The number of nitrogens with one attached hydrogen (secondary N) is 2. The van der Waals surface area contributed by atoms with Gasteiger partial charge in [-0.15, -0.1) is 0 Å². The molecule has 2 aromatic carbocycles. The van der Waals surface area contributed by atoms with Gasteiger partial charge in [-0.25, -0.2) is 4.79 Å². The van der Waals surface area contributed by atoms with Crippen molar-refractivity contribution in [2.75, 3.05) is 39.2 Å². The van der Waals surface area contributed by atoms with Gasteiger partial charge in [0.25, 0.3) is 0 Å². The highest BCUT2D eigenvalue weighted by atomic mass is 16.5.